The average Bonchev–Trinajstić information content (AvgIpc) is 3.66. The number of anilines is 2. The monoisotopic (exact) mass is 560 g/mol. The molecule has 0 aliphatic carbocycles. The maximum atomic E-state index is 12.5. The largest absolute Gasteiger partial charge is 0.345 e. The summed E-state index contributed by atoms with van der Waals surface area (Å²) in [6.45, 7) is 7.44. The average molecular weight is 561 g/mol. The number of carbonyl (C=O) groups is 1. The van der Waals surface area contributed by atoms with Gasteiger partial charge in [0.25, 0.3) is 0 Å². The van der Waals surface area contributed by atoms with Crippen LogP contribution >= 0.6 is 11.5 Å². The van der Waals surface area contributed by atoms with Gasteiger partial charge in [-0.1, -0.05) is 6.92 Å². The molecule has 0 bridgehead atoms. The Morgan fingerprint density at radius 3 is 2.90 bits per heavy atom. The molecule has 1 saturated heterocycles. The predicted molar refractivity (Wildman–Crippen MR) is 152 cm³/mol. The first-order valence-electron chi connectivity index (χ1n) is 13.4. The SMILES string of the molecule is Cc1cn2c(-c3cnn(CC(=O)NC4C=CN(O)C=C4)c3)cnc2c(Nc2cc(CN3CCCC(C)C3)ns2)n1. The number of fused-ring (bicyclic) bond motifs is 1. The van der Waals surface area contributed by atoms with Crippen LogP contribution in [-0.4, -0.2) is 68.7 Å². The van der Waals surface area contributed by atoms with Crippen LogP contribution in [0.25, 0.3) is 16.9 Å². The number of aryl methyl sites for hydroxylation is 1. The zero-order valence-electron chi connectivity index (χ0n) is 22.4. The molecule has 6 heterocycles. The maximum Gasteiger partial charge on any atom is 0.242 e. The number of nitrogens with zero attached hydrogens (tertiary/aromatic N) is 8. The number of hydroxylamine groups is 2. The fourth-order valence-electron chi connectivity index (χ4n) is 5.16. The molecule has 6 rings (SSSR count). The summed E-state index contributed by atoms with van der Waals surface area (Å²) >= 11 is 1.43. The van der Waals surface area contributed by atoms with Crippen molar-refractivity contribution >= 4 is 33.9 Å². The fraction of sp³-hybridized carbons (Fsp3) is 0.370. The Bertz CT molecular complexity index is 1560. The Labute approximate surface area is 235 Å². The van der Waals surface area contributed by atoms with E-state index in [-0.39, 0.29) is 18.5 Å². The highest BCUT2D eigenvalue weighted by atomic mass is 32.1. The van der Waals surface area contributed by atoms with Gasteiger partial charge in [-0.15, -0.1) is 0 Å². The van der Waals surface area contributed by atoms with Crippen molar-refractivity contribution in [3.8, 4) is 11.3 Å². The van der Waals surface area contributed by atoms with E-state index in [0.29, 0.717) is 11.5 Å². The van der Waals surface area contributed by atoms with Crippen molar-refractivity contribution in [1.29, 1.82) is 0 Å². The molecular weight excluding hydrogens is 528 g/mol. The number of aromatic nitrogens is 6. The minimum absolute atomic E-state index is 0.0647. The summed E-state index contributed by atoms with van der Waals surface area (Å²) in [5, 5.41) is 21.9. The van der Waals surface area contributed by atoms with Gasteiger partial charge in [-0.3, -0.25) is 24.0 Å². The second kappa shape index (κ2) is 11.2. The molecule has 1 unspecified atom stereocenters. The molecule has 4 aromatic rings. The van der Waals surface area contributed by atoms with Gasteiger partial charge in [0.05, 0.1) is 35.5 Å². The predicted octanol–water partition coefficient (Wildman–Crippen LogP) is 3.55. The van der Waals surface area contributed by atoms with Crippen LogP contribution in [0.2, 0.25) is 0 Å². The number of carbonyl (C=O) groups excluding carboxylic acids is 1. The smallest absolute Gasteiger partial charge is 0.242 e. The maximum absolute atomic E-state index is 12.5. The van der Waals surface area contributed by atoms with E-state index < -0.39 is 0 Å². The first kappa shape index (κ1) is 26.2. The molecule has 0 aromatic carbocycles. The highest BCUT2D eigenvalue weighted by Crippen LogP contribution is 2.28. The second-order valence-electron chi connectivity index (χ2n) is 10.4. The molecule has 1 atom stereocenters. The van der Waals surface area contributed by atoms with Gasteiger partial charge in [-0.25, -0.2) is 15.0 Å². The summed E-state index contributed by atoms with van der Waals surface area (Å²) in [7, 11) is 0. The Hall–Kier alpha value is -4.07. The first-order valence-corrected chi connectivity index (χ1v) is 14.1. The van der Waals surface area contributed by atoms with Crippen molar-refractivity contribution in [2.75, 3.05) is 18.4 Å². The zero-order chi connectivity index (χ0) is 27.6. The standard InChI is InChI=1S/C27H32N10O2S/c1-18-4-3-7-34(13-18)16-22-10-25(40-33-22)32-26-27-28-12-23(37(27)14-19(2)30-26)20-11-29-35(15-20)17-24(38)31-21-5-8-36(39)9-6-21/h5-6,8-12,14-15,18,21,39H,3-4,7,13,16-17H2,1-2H3,(H,30,32)(H,31,38). The molecule has 208 valence electrons. The van der Waals surface area contributed by atoms with Gasteiger partial charge in [-0.2, -0.15) is 9.47 Å². The molecule has 13 heteroatoms. The molecule has 40 heavy (non-hydrogen) atoms. The quantitative estimate of drug-likeness (QED) is 0.296. The van der Waals surface area contributed by atoms with E-state index >= 15 is 0 Å². The highest BCUT2D eigenvalue weighted by Gasteiger charge is 2.19. The lowest BCUT2D eigenvalue weighted by Gasteiger charge is -2.30. The van der Waals surface area contributed by atoms with Crippen LogP contribution in [0.5, 0.6) is 0 Å². The summed E-state index contributed by atoms with van der Waals surface area (Å²) < 4.78 is 8.25. The second-order valence-corrected chi connectivity index (χ2v) is 11.2. The molecule has 2 aliphatic heterocycles. The number of imidazole rings is 1. The van der Waals surface area contributed by atoms with Gasteiger partial charge < -0.3 is 10.6 Å². The van der Waals surface area contributed by atoms with Gasteiger partial charge in [0.1, 0.15) is 11.5 Å². The minimum Gasteiger partial charge on any atom is -0.345 e. The van der Waals surface area contributed by atoms with E-state index in [9.17, 15) is 10.0 Å². The first-order chi connectivity index (χ1) is 19.4. The lowest BCUT2D eigenvalue weighted by Crippen LogP contribution is -2.36. The van der Waals surface area contributed by atoms with Crippen molar-refractivity contribution in [3.05, 3.63) is 66.8 Å². The summed E-state index contributed by atoms with van der Waals surface area (Å²) in [6, 6.07) is 1.82. The van der Waals surface area contributed by atoms with Crippen molar-refractivity contribution in [2.24, 2.45) is 5.92 Å². The third-order valence-electron chi connectivity index (χ3n) is 6.99. The van der Waals surface area contributed by atoms with Crippen molar-refractivity contribution in [1.82, 2.24) is 43.8 Å². The van der Waals surface area contributed by atoms with Crippen LogP contribution in [0.4, 0.5) is 10.8 Å². The molecule has 0 radical (unpaired) electrons. The number of rotatable bonds is 8. The molecule has 12 nitrogen and oxygen atoms in total. The number of likely N-dealkylation sites (tertiary alicyclic amines) is 1. The van der Waals surface area contributed by atoms with Crippen LogP contribution in [0.15, 0.2) is 55.4 Å². The van der Waals surface area contributed by atoms with E-state index in [1.54, 1.807) is 29.2 Å². The summed E-state index contributed by atoms with van der Waals surface area (Å²) in [6.07, 6.45) is 16.2. The van der Waals surface area contributed by atoms with E-state index in [0.717, 1.165) is 58.3 Å². The van der Waals surface area contributed by atoms with Gasteiger partial charge in [-0.05, 0) is 62.0 Å². The number of amides is 1. The van der Waals surface area contributed by atoms with Crippen LogP contribution in [0.3, 0.4) is 0 Å². The molecule has 4 aromatic heterocycles. The molecule has 0 spiro atoms. The van der Waals surface area contributed by atoms with Crippen molar-refractivity contribution in [3.63, 3.8) is 0 Å². The lowest BCUT2D eigenvalue weighted by atomic mass is 10.0. The zero-order valence-corrected chi connectivity index (χ0v) is 23.3. The molecule has 0 saturated carbocycles. The number of hydrogen-bond acceptors (Lipinski definition) is 10. The third-order valence-corrected chi connectivity index (χ3v) is 7.74. The number of hydrogen-bond donors (Lipinski definition) is 3. The summed E-state index contributed by atoms with van der Waals surface area (Å²) in [5.74, 6) is 1.21. The van der Waals surface area contributed by atoms with Crippen LogP contribution in [0, 0.1) is 12.8 Å². The van der Waals surface area contributed by atoms with Crippen LogP contribution < -0.4 is 10.6 Å². The summed E-state index contributed by atoms with van der Waals surface area (Å²) in [5.41, 5.74) is 4.28. The fourth-order valence-corrected chi connectivity index (χ4v) is 5.82. The van der Waals surface area contributed by atoms with Crippen molar-refractivity contribution in [2.45, 2.75) is 45.8 Å². The Morgan fingerprint density at radius 2 is 2.08 bits per heavy atom. The third kappa shape index (κ3) is 5.91. The van der Waals surface area contributed by atoms with Gasteiger partial charge in [0.2, 0.25) is 5.91 Å². The van der Waals surface area contributed by atoms with Gasteiger partial charge in [0, 0.05) is 43.4 Å². The van der Waals surface area contributed by atoms with E-state index in [2.05, 4.69) is 43.0 Å². The van der Waals surface area contributed by atoms with E-state index in [1.807, 2.05) is 23.7 Å². The van der Waals surface area contributed by atoms with E-state index in [4.69, 9.17) is 4.98 Å². The number of piperidine rings is 1. The van der Waals surface area contributed by atoms with Crippen LogP contribution in [-0.2, 0) is 17.9 Å². The molecule has 1 amide bonds. The van der Waals surface area contributed by atoms with Gasteiger partial charge >= 0.3 is 0 Å². The Kier molecular flexibility index (Phi) is 7.32. The summed E-state index contributed by atoms with van der Waals surface area (Å²) in [4.78, 5) is 24.4. The molecule has 1 fully saturated rings. The van der Waals surface area contributed by atoms with Gasteiger partial charge in [0.15, 0.2) is 11.5 Å². The van der Waals surface area contributed by atoms with Crippen molar-refractivity contribution < 1.29 is 10.0 Å². The normalized spacial score (nSPS) is 18.1. The molecule has 3 N–H and O–H groups in total. The topological polar surface area (TPSA) is 129 Å². The number of nitrogens with one attached hydrogen (secondary N) is 2. The molecule has 2 aliphatic rings. The highest BCUT2D eigenvalue weighted by molar-refractivity contribution is 7.10. The Morgan fingerprint density at radius 1 is 1.23 bits per heavy atom. The lowest BCUT2D eigenvalue weighted by molar-refractivity contribution is -0.122. The van der Waals surface area contributed by atoms with Crippen LogP contribution in [0.1, 0.15) is 31.2 Å². The Balaban J connectivity index is 1.15. The van der Waals surface area contributed by atoms with E-state index in [1.165, 1.54) is 36.8 Å². The minimum atomic E-state index is -0.283. The molecular formula is C27H32N10O2S.